The van der Waals surface area contributed by atoms with E-state index >= 15 is 0 Å². The molecule has 1 atom stereocenters. The minimum atomic E-state index is 0.471. The summed E-state index contributed by atoms with van der Waals surface area (Å²) in [5.74, 6) is 1.40. The fraction of sp³-hybridized carbons (Fsp3) is 0.235. The topological polar surface area (TPSA) is 9.23 Å². The largest absolute Gasteiger partial charge is 0.494 e. The van der Waals surface area contributed by atoms with Gasteiger partial charge in [-0.1, -0.05) is 49.4 Å². The molecule has 0 aliphatic carbocycles. The van der Waals surface area contributed by atoms with Crippen molar-refractivity contribution in [2.75, 3.05) is 6.61 Å². The van der Waals surface area contributed by atoms with Crippen molar-refractivity contribution in [2.24, 2.45) is 0 Å². The monoisotopic (exact) mass is 239 g/mol. The van der Waals surface area contributed by atoms with Crippen LogP contribution < -0.4 is 4.74 Å². The second-order valence-corrected chi connectivity index (χ2v) is 4.51. The SMILES string of the molecule is [CH2]COc1ccc(C(C)Cc2ccccc2)cc1. The molecule has 1 unspecified atom stereocenters. The lowest BCUT2D eigenvalue weighted by molar-refractivity contribution is 0.361. The van der Waals surface area contributed by atoms with Gasteiger partial charge in [-0.2, -0.15) is 0 Å². The average molecular weight is 239 g/mol. The summed E-state index contributed by atoms with van der Waals surface area (Å²) in [7, 11) is 0. The predicted octanol–water partition coefficient (Wildman–Crippen LogP) is 4.25. The highest BCUT2D eigenvalue weighted by molar-refractivity contribution is 5.30. The van der Waals surface area contributed by atoms with E-state index in [1.807, 2.05) is 12.1 Å². The van der Waals surface area contributed by atoms with Crippen molar-refractivity contribution in [1.29, 1.82) is 0 Å². The maximum atomic E-state index is 5.35. The van der Waals surface area contributed by atoms with Crippen LogP contribution in [0.15, 0.2) is 54.6 Å². The van der Waals surface area contributed by atoms with E-state index in [0.29, 0.717) is 12.5 Å². The molecule has 0 spiro atoms. The van der Waals surface area contributed by atoms with Crippen LogP contribution in [0.4, 0.5) is 0 Å². The first kappa shape index (κ1) is 12.7. The van der Waals surface area contributed by atoms with Crippen LogP contribution in [0.1, 0.15) is 24.0 Å². The van der Waals surface area contributed by atoms with E-state index in [1.165, 1.54) is 11.1 Å². The molecule has 93 valence electrons. The Morgan fingerprint density at radius 2 is 1.67 bits per heavy atom. The van der Waals surface area contributed by atoms with Gasteiger partial charge in [-0.25, -0.2) is 0 Å². The molecule has 0 heterocycles. The molecule has 0 saturated carbocycles. The first-order valence-corrected chi connectivity index (χ1v) is 6.35. The third-order valence-electron chi connectivity index (χ3n) is 3.10. The van der Waals surface area contributed by atoms with Gasteiger partial charge in [0.15, 0.2) is 0 Å². The van der Waals surface area contributed by atoms with E-state index in [4.69, 9.17) is 4.74 Å². The van der Waals surface area contributed by atoms with Crippen LogP contribution in [0.3, 0.4) is 0 Å². The Morgan fingerprint density at radius 1 is 1.00 bits per heavy atom. The van der Waals surface area contributed by atoms with Crippen LogP contribution in [0.25, 0.3) is 0 Å². The number of benzene rings is 2. The van der Waals surface area contributed by atoms with E-state index < -0.39 is 0 Å². The highest BCUT2D eigenvalue weighted by atomic mass is 16.5. The Morgan fingerprint density at radius 3 is 2.28 bits per heavy atom. The number of hydrogen-bond donors (Lipinski definition) is 0. The van der Waals surface area contributed by atoms with Gasteiger partial charge in [0, 0.05) is 0 Å². The molecule has 1 heteroatoms. The zero-order valence-corrected chi connectivity index (χ0v) is 10.8. The highest BCUT2D eigenvalue weighted by Gasteiger charge is 2.06. The van der Waals surface area contributed by atoms with Gasteiger partial charge in [0.1, 0.15) is 5.75 Å². The van der Waals surface area contributed by atoms with Crippen LogP contribution in [0.2, 0.25) is 0 Å². The maximum absolute atomic E-state index is 5.35. The number of ether oxygens (including phenoxy) is 1. The summed E-state index contributed by atoms with van der Waals surface area (Å²) in [5.41, 5.74) is 2.72. The lowest BCUT2D eigenvalue weighted by Crippen LogP contribution is -1.99. The Bertz CT molecular complexity index is 459. The quantitative estimate of drug-likeness (QED) is 0.758. The van der Waals surface area contributed by atoms with Crippen molar-refractivity contribution >= 4 is 0 Å². The van der Waals surface area contributed by atoms with Crippen molar-refractivity contribution in [1.82, 2.24) is 0 Å². The lowest BCUT2D eigenvalue weighted by atomic mass is 9.94. The van der Waals surface area contributed by atoms with E-state index in [0.717, 1.165) is 12.2 Å². The van der Waals surface area contributed by atoms with E-state index in [9.17, 15) is 0 Å². The Labute approximate surface area is 109 Å². The van der Waals surface area contributed by atoms with E-state index in [2.05, 4.69) is 56.3 Å². The molecule has 0 fully saturated rings. The van der Waals surface area contributed by atoms with Crippen LogP contribution in [-0.4, -0.2) is 6.61 Å². The Kier molecular flexibility index (Phi) is 4.40. The van der Waals surface area contributed by atoms with Crippen molar-refractivity contribution in [3.05, 3.63) is 72.6 Å². The summed E-state index contributed by atoms with van der Waals surface area (Å²) in [6.07, 6.45) is 1.07. The van der Waals surface area contributed by atoms with E-state index in [-0.39, 0.29) is 0 Å². The maximum Gasteiger partial charge on any atom is 0.119 e. The Balaban J connectivity index is 2.02. The standard InChI is InChI=1S/C17H19O/c1-3-18-17-11-9-16(10-12-17)14(2)13-15-7-5-4-6-8-15/h4-12,14H,1,3,13H2,2H3. The Hall–Kier alpha value is -1.76. The first-order valence-electron chi connectivity index (χ1n) is 6.35. The molecule has 0 amide bonds. The molecule has 1 radical (unpaired) electrons. The minimum Gasteiger partial charge on any atom is -0.494 e. The highest BCUT2D eigenvalue weighted by Crippen LogP contribution is 2.22. The minimum absolute atomic E-state index is 0.471. The van der Waals surface area contributed by atoms with Gasteiger partial charge in [0.2, 0.25) is 0 Å². The summed E-state index contributed by atoms with van der Waals surface area (Å²) in [6.45, 7) is 6.40. The smallest absolute Gasteiger partial charge is 0.119 e. The number of hydrogen-bond acceptors (Lipinski definition) is 1. The molecule has 0 aliphatic heterocycles. The first-order chi connectivity index (χ1) is 8.79. The fourth-order valence-corrected chi connectivity index (χ4v) is 2.10. The van der Waals surface area contributed by atoms with Crippen molar-refractivity contribution < 1.29 is 4.74 Å². The predicted molar refractivity (Wildman–Crippen MR) is 75.9 cm³/mol. The summed E-state index contributed by atoms with van der Waals surface area (Å²) < 4.78 is 5.35. The van der Waals surface area contributed by atoms with Gasteiger partial charge >= 0.3 is 0 Å². The molecular formula is C17H19O. The third-order valence-corrected chi connectivity index (χ3v) is 3.10. The molecule has 0 aliphatic rings. The molecule has 1 nitrogen and oxygen atoms in total. The summed E-state index contributed by atoms with van der Waals surface area (Å²) in [4.78, 5) is 0. The summed E-state index contributed by atoms with van der Waals surface area (Å²) >= 11 is 0. The molecule has 18 heavy (non-hydrogen) atoms. The van der Waals surface area contributed by atoms with Gasteiger partial charge in [0.25, 0.3) is 0 Å². The second-order valence-electron chi connectivity index (χ2n) is 4.51. The van der Waals surface area contributed by atoms with Gasteiger partial charge in [-0.15, -0.1) is 0 Å². The molecule has 0 aromatic heterocycles. The third kappa shape index (κ3) is 3.36. The van der Waals surface area contributed by atoms with Gasteiger partial charge < -0.3 is 4.74 Å². The van der Waals surface area contributed by atoms with Crippen LogP contribution in [-0.2, 0) is 6.42 Å². The fourth-order valence-electron chi connectivity index (χ4n) is 2.10. The molecule has 2 aromatic carbocycles. The normalized spacial score (nSPS) is 12.1. The molecule has 0 saturated heterocycles. The van der Waals surface area contributed by atoms with Crippen molar-refractivity contribution in [2.45, 2.75) is 19.3 Å². The molecule has 0 N–H and O–H groups in total. The molecule has 0 bridgehead atoms. The summed E-state index contributed by atoms with van der Waals surface area (Å²) in [5, 5.41) is 0. The van der Waals surface area contributed by atoms with Crippen LogP contribution in [0.5, 0.6) is 5.75 Å². The van der Waals surface area contributed by atoms with Crippen molar-refractivity contribution in [3.8, 4) is 5.75 Å². The summed E-state index contributed by atoms with van der Waals surface area (Å²) in [6, 6.07) is 18.9. The zero-order chi connectivity index (χ0) is 12.8. The molecule has 2 rings (SSSR count). The zero-order valence-electron chi connectivity index (χ0n) is 10.8. The van der Waals surface area contributed by atoms with Crippen LogP contribution in [0, 0.1) is 6.92 Å². The molecule has 2 aromatic rings. The lowest BCUT2D eigenvalue weighted by Gasteiger charge is -2.12. The van der Waals surface area contributed by atoms with Crippen molar-refractivity contribution in [3.63, 3.8) is 0 Å². The van der Waals surface area contributed by atoms with E-state index in [1.54, 1.807) is 0 Å². The van der Waals surface area contributed by atoms with Gasteiger partial charge in [-0.3, -0.25) is 0 Å². The molecular weight excluding hydrogens is 220 g/mol. The van der Waals surface area contributed by atoms with Gasteiger partial charge in [0.05, 0.1) is 6.61 Å². The second kappa shape index (κ2) is 6.25. The number of rotatable bonds is 5. The average Bonchev–Trinajstić information content (AvgIpc) is 2.41. The van der Waals surface area contributed by atoms with Gasteiger partial charge in [-0.05, 0) is 42.5 Å². The van der Waals surface area contributed by atoms with Crippen LogP contribution >= 0.6 is 0 Å².